The molecule has 3 unspecified atom stereocenters. The molecule has 7 nitrogen and oxygen atoms in total. The van der Waals surface area contributed by atoms with Crippen molar-refractivity contribution < 1.29 is 19.5 Å². The quantitative estimate of drug-likeness (QED) is 0.189. The number of rotatable bonds is 14. The minimum absolute atomic E-state index is 0.0225. The van der Waals surface area contributed by atoms with E-state index in [0.717, 1.165) is 12.0 Å². The lowest BCUT2D eigenvalue weighted by Crippen LogP contribution is -2.57. The Morgan fingerprint density at radius 1 is 1.15 bits per heavy atom. The summed E-state index contributed by atoms with van der Waals surface area (Å²) < 4.78 is -0.675. The zero-order valence-corrected chi connectivity index (χ0v) is 26.0. The molecule has 3 fully saturated rings. The molecule has 1 aromatic rings. The monoisotopic (exact) mass is 631 g/mol. The molecule has 3 heterocycles. The fraction of sp³-hybridized carbons (Fsp3) is 0.581. The number of thioether (sulfide) groups is 1. The Balaban J connectivity index is 1.72. The van der Waals surface area contributed by atoms with Gasteiger partial charge in [0.05, 0.1) is 16.6 Å². The highest BCUT2D eigenvalue weighted by Gasteiger charge is 2.76. The maximum atomic E-state index is 14.3. The lowest BCUT2D eigenvalue weighted by Gasteiger charge is -2.39. The van der Waals surface area contributed by atoms with Gasteiger partial charge in [-0.1, -0.05) is 58.4 Å². The Labute approximate surface area is 251 Å². The first-order valence-electron chi connectivity index (χ1n) is 14.3. The number of carbonyl (C=O) groups is 3. The highest BCUT2D eigenvalue weighted by atomic mass is 79.9. The highest BCUT2D eigenvalue weighted by molar-refractivity contribution is 9.09. The van der Waals surface area contributed by atoms with E-state index >= 15 is 0 Å². The van der Waals surface area contributed by atoms with Crippen LogP contribution in [0.15, 0.2) is 55.6 Å². The van der Waals surface area contributed by atoms with E-state index in [1.54, 1.807) is 38.6 Å². The van der Waals surface area contributed by atoms with Crippen LogP contribution in [0.5, 0.6) is 0 Å². The number of benzene rings is 1. The van der Waals surface area contributed by atoms with Crippen molar-refractivity contribution >= 4 is 45.4 Å². The summed E-state index contributed by atoms with van der Waals surface area (Å²) in [6.45, 7) is 13.5. The topological polar surface area (TPSA) is 81.2 Å². The molecule has 0 aliphatic carbocycles. The number of aliphatic hydroxyl groups is 1. The third kappa shape index (κ3) is 5.66. The number of carbonyl (C=O) groups excluding carboxylic acids is 3. The molecule has 9 heteroatoms. The number of unbranched alkanes of at least 4 members (excludes halogenated alkanes) is 2. The van der Waals surface area contributed by atoms with E-state index in [9.17, 15) is 19.5 Å². The second-order valence-corrected chi connectivity index (χ2v) is 14.1. The molecule has 1 aromatic carbocycles. The van der Waals surface area contributed by atoms with Gasteiger partial charge in [-0.25, -0.2) is 0 Å². The molecule has 4 rings (SSSR count). The molecule has 3 amide bonds. The molecule has 2 bridgehead atoms. The van der Waals surface area contributed by atoms with Crippen LogP contribution in [0.25, 0.3) is 0 Å². The molecule has 1 N–H and O–H groups in total. The van der Waals surface area contributed by atoms with Crippen LogP contribution in [0.3, 0.4) is 0 Å². The molecule has 6 atom stereocenters. The Morgan fingerprint density at radius 2 is 1.85 bits per heavy atom. The summed E-state index contributed by atoms with van der Waals surface area (Å²) in [6.07, 6.45) is 6.24. The van der Waals surface area contributed by atoms with Crippen molar-refractivity contribution in [1.82, 2.24) is 14.7 Å². The number of hydrogen-bond donors (Lipinski definition) is 1. The van der Waals surface area contributed by atoms with Crippen LogP contribution >= 0.6 is 27.7 Å². The van der Waals surface area contributed by atoms with E-state index in [1.165, 1.54) is 0 Å². The van der Waals surface area contributed by atoms with Gasteiger partial charge in [0.15, 0.2) is 0 Å². The first-order chi connectivity index (χ1) is 19.2. The average Bonchev–Trinajstić information content (AvgIpc) is 3.52. The van der Waals surface area contributed by atoms with E-state index in [1.807, 2.05) is 44.2 Å². The molecule has 0 aromatic heterocycles. The van der Waals surface area contributed by atoms with Gasteiger partial charge in [0.1, 0.15) is 6.04 Å². The molecule has 3 saturated heterocycles. The molecule has 0 saturated carbocycles. The Bertz CT molecular complexity index is 1100. The van der Waals surface area contributed by atoms with Gasteiger partial charge in [-0.2, -0.15) is 0 Å². The van der Waals surface area contributed by atoms with Crippen LogP contribution < -0.4 is 0 Å². The number of alkyl halides is 1. The summed E-state index contributed by atoms with van der Waals surface area (Å²) in [7, 11) is 0. The van der Waals surface area contributed by atoms with Gasteiger partial charge in [-0.3, -0.25) is 14.4 Å². The minimum atomic E-state index is -0.675. The molecule has 0 radical (unpaired) electrons. The van der Waals surface area contributed by atoms with Gasteiger partial charge in [-0.05, 0) is 45.1 Å². The molecule has 40 heavy (non-hydrogen) atoms. The summed E-state index contributed by atoms with van der Waals surface area (Å²) in [5.74, 6) is -1.29. The molecule has 3 aliphatic heterocycles. The van der Waals surface area contributed by atoms with Crippen molar-refractivity contribution in [3.8, 4) is 0 Å². The average molecular weight is 633 g/mol. The van der Waals surface area contributed by atoms with Gasteiger partial charge < -0.3 is 19.8 Å². The van der Waals surface area contributed by atoms with Crippen LogP contribution in [-0.2, 0) is 20.9 Å². The van der Waals surface area contributed by atoms with Gasteiger partial charge in [0.2, 0.25) is 17.7 Å². The van der Waals surface area contributed by atoms with Crippen LogP contribution in [0.2, 0.25) is 0 Å². The van der Waals surface area contributed by atoms with Crippen molar-refractivity contribution in [2.45, 2.75) is 73.0 Å². The van der Waals surface area contributed by atoms with Crippen molar-refractivity contribution in [3.05, 3.63) is 61.2 Å². The Hall–Kier alpha value is -2.10. The van der Waals surface area contributed by atoms with Gasteiger partial charge in [0, 0.05) is 48.9 Å². The number of fused-ring (bicyclic) bond motifs is 1. The third-order valence-electron chi connectivity index (χ3n) is 8.48. The maximum absolute atomic E-state index is 14.3. The summed E-state index contributed by atoms with van der Waals surface area (Å²) in [4.78, 5) is 48.4. The van der Waals surface area contributed by atoms with Gasteiger partial charge >= 0.3 is 0 Å². The van der Waals surface area contributed by atoms with Crippen molar-refractivity contribution in [2.75, 3.05) is 26.2 Å². The predicted molar refractivity (Wildman–Crippen MR) is 164 cm³/mol. The van der Waals surface area contributed by atoms with E-state index in [0.29, 0.717) is 45.4 Å². The molecular weight excluding hydrogens is 590 g/mol. The highest BCUT2D eigenvalue weighted by Crippen LogP contribution is 2.68. The number of amides is 3. The number of hydrogen-bond acceptors (Lipinski definition) is 5. The summed E-state index contributed by atoms with van der Waals surface area (Å²) >= 11 is 5.54. The van der Waals surface area contributed by atoms with Crippen LogP contribution in [0.1, 0.15) is 45.1 Å². The number of nitrogens with zero attached hydrogens (tertiary/aromatic N) is 3. The number of aliphatic hydroxyl groups excluding tert-OH is 1. The Kier molecular flexibility index (Phi) is 10.2. The van der Waals surface area contributed by atoms with Crippen LogP contribution in [0.4, 0.5) is 0 Å². The van der Waals surface area contributed by atoms with Crippen molar-refractivity contribution in [2.24, 2.45) is 11.8 Å². The Morgan fingerprint density at radius 3 is 2.48 bits per heavy atom. The van der Waals surface area contributed by atoms with Gasteiger partial charge in [0.25, 0.3) is 0 Å². The lowest BCUT2D eigenvalue weighted by molar-refractivity contribution is -0.145. The number of likely N-dealkylation sites (tertiary alicyclic amines) is 1. The number of halogens is 1. The second-order valence-electron chi connectivity index (χ2n) is 11.3. The van der Waals surface area contributed by atoms with Crippen molar-refractivity contribution in [1.29, 1.82) is 0 Å². The van der Waals surface area contributed by atoms with Gasteiger partial charge in [-0.15, -0.1) is 24.9 Å². The first-order valence-corrected chi connectivity index (χ1v) is 16.1. The maximum Gasteiger partial charge on any atom is 0.247 e. The molecular formula is C31H42BrN3O4S. The predicted octanol–water partition coefficient (Wildman–Crippen LogP) is 4.25. The van der Waals surface area contributed by atoms with Crippen molar-refractivity contribution in [3.63, 3.8) is 0 Å². The summed E-state index contributed by atoms with van der Waals surface area (Å²) in [5, 5.41) is 9.18. The normalized spacial score (nSPS) is 28.6. The minimum Gasteiger partial charge on any atom is -0.396 e. The van der Waals surface area contributed by atoms with E-state index in [2.05, 4.69) is 29.1 Å². The molecule has 218 valence electrons. The summed E-state index contributed by atoms with van der Waals surface area (Å²) in [5.41, 5.74) is 1.02. The second kappa shape index (κ2) is 13.3. The molecule has 3 aliphatic rings. The van der Waals surface area contributed by atoms with E-state index in [-0.39, 0.29) is 40.4 Å². The zero-order valence-electron chi connectivity index (χ0n) is 23.6. The SMILES string of the molecule is C=CCN(Cc1ccccc1)C(=O)[C@H]1[C@H]2C(=O)N(CCCCCO)C(C(=O)N(CC=C)C(C)C)C23CC(Br)[C@@H]1S3. The zero-order chi connectivity index (χ0) is 29.0. The molecule has 1 spiro atoms. The standard InChI is InChI=1S/C31H42BrN3O4S/c1-5-15-33(20-22-13-9-7-10-14-22)28(37)24-25-29(38)35(17-11-8-12-18-36)27(30(39)34(16-6-2)21(3)4)31(25)19-23(32)26(24)40-31/h5-7,9-10,13-14,21,23-27,36H,1-2,8,11-12,15-20H2,3-4H3/t23?,24-,25-,26-,27?,31?/m0/s1. The van der Waals surface area contributed by atoms with E-state index in [4.69, 9.17) is 0 Å². The lowest BCUT2D eigenvalue weighted by atomic mass is 9.70. The first kappa shape index (κ1) is 30.8. The third-order valence-corrected chi connectivity index (χ3v) is 11.7. The smallest absolute Gasteiger partial charge is 0.247 e. The van der Waals surface area contributed by atoms with E-state index < -0.39 is 22.6 Å². The fourth-order valence-corrected chi connectivity index (χ4v) is 10.4. The van der Waals surface area contributed by atoms with Crippen LogP contribution in [0, 0.1) is 11.8 Å². The fourth-order valence-electron chi connectivity index (χ4n) is 6.76. The summed E-state index contributed by atoms with van der Waals surface area (Å²) in [6, 6.07) is 9.16. The largest absolute Gasteiger partial charge is 0.396 e. The van der Waals surface area contributed by atoms with Crippen LogP contribution in [-0.4, -0.2) is 90.7 Å².